The first-order chi connectivity index (χ1) is 10.8. The third-order valence-corrected chi connectivity index (χ3v) is 5.84. The van der Waals surface area contributed by atoms with Gasteiger partial charge in [0.1, 0.15) is 0 Å². The van der Waals surface area contributed by atoms with Crippen molar-refractivity contribution in [1.29, 1.82) is 0 Å². The van der Waals surface area contributed by atoms with E-state index in [1.165, 1.54) is 0 Å². The standard InChI is InChI=1S/C18H36N2O3S/c1-17(2,3)10-8-7-9-15(19-18(4,5)6)16(21)20-11-13-24(22,23)14-12-20/h15,19H,7-14H2,1-6H3. The number of sulfone groups is 1. The molecule has 1 rings (SSSR count). The van der Waals surface area contributed by atoms with Crippen LogP contribution < -0.4 is 5.32 Å². The van der Waals surface area contributed by atoms with E-state index in [9.17, 15) is 13.2 Å². The maximum Gasteiger partial charge on any atom is 0.239 e. The first-order valence-corrected chi connectivity index (χ1v) is 10.9. The zero-order valence-electron chi connectivity index (χ0n) is 16.3. The fraction of sp³-hybridized carbons (Fsp3) is 0.944. The predicted molar refractivity (Wildman–Crippen MR) is 99.8 cm³/mol. The van der Waals surface area contributed by atoms with Crippen LogP contribution in [-0.4, -0.2) is 55.4 Å². The molecule has 5 nitrogen and oxygen atoms in total. The van der Waals surface area contributed by atoms with Crippen molar-refractivity contribution in [3.8, 4) is 0 Å². The summed E-state index contributed by atoms with van der Waals surface area (Å²) < 4.78 is 23.1. The van der Waals surface area contributed by atoms with Gasteiger partial charge in [-0.1, -0.05) is 33.6 Å². The van der Waals surface area contributed by atoms with Crippen LogP contribution in [0.4, 0.5) is 0 Å². The Bertz CT molecular complexity index is 501. The number of nitrogens with one attached hydrogen (secondary N) is 1. The molecule has 1 amide bonds. The van der Waals surface area contributed by atoms with Gasteiger partial charge in [-0.25, -0.2) is 8.42 Å². The van der Waals surface area contributed by atoms with Crippen molar-refractivity contribution < 1.29 is 13.2 Å². The summed E-state index contributed by atoms with van der Waals surface area (Å²) in [5, 5.41) is 3.43. The highest BCUT2D eigenvalue weighted by molar-refractivity contribution is 7.91. The maximum atomic E-state index is 12.8. The van der Waals surface area contributed by atoms with Crippen LogP contribution in [0.5, 0.6) is 0 Å². The van der Waals surface area contributed by atoms with Crippen LogP contribution in [0.2, 0.25) is 0 Å². The molecule has 1 N–H and O–H groups in total. The predicted octanol–water partition coefficient (Wildman–Crippen LogP) is 2.61. The van der Waals surface area contributed by atoms with Gasteiger partial charge < -0.3 is 10.2 Å². The lowest BCUT2D eigenvalue weighted by molar-refractivity contribution is -0.133. The Morgan fingerprint density at radius 1 is 1.04 bits per heavy atom. The van der Waals surface area contributed by atoms with Gasteiger partial charge in [0, 0.05) is 18.6 Å². The van der Waals surface area contributed by atoms with E-state index in [0.717, 1.165) is 25.7 Å². The number of carbonyl (C=O) groups is 1. The van der Waals surface area contributed by atoms with Gasteiger partial charge in [0.15, 0.2) is 9.84 Å². The topological polar surface area (TPSA) is 66.5 Å². The molecular weight excluding hydrogens is 324 g/mol. The van der Waals surface area contributed by atoms with Crippen LogP contribution >= 0.6 is 0 Å². The minimum Gasteiger partial charge on any atom is -0.339 e. The number of carbonyl (C=O) groups excluding carboxylic acids is 1. The summed E-state index contributed by atoms with van der Waals surface area (Å²) in [5.41, 5.74) is 0.171. The van der Waals surface area contributed by atoms with Gasteiger partial charge in [0.2, 0.25) is 5.91 Å². The number of unbranched alkanes of at least 4 members (excludes halogenated alkanes) is 1. The van der Waals surface area contributed by atoms with E-state index in [-0.39, 0.29) is 29.0 Å². The molecule has 0 radical (unpaired) electrons. The summed E-state index contributed by atoms with van der Waals surface area (Å²) in [6.45, 7) is 13.5. The van der Waals surface area contributed by atoms with Gasteiger partial charge in [0.25, 0.3) is 0 Å². The monoisotopic (exact) mass is 360 g/mol. The Hall–Kier alpha value is -0.620. The second-order valence-corrected chi connectivity index (χ2v) is 11.5. The van der Waals surface area contributed by atoms with Crippen molar-refractivity contribution in [2.75, 3.05) is 24.6 Å². The van der Waals surface area contributed by atoms with Crippen molar-refractivity contribution in [2.24, 2.45) is 5.41 Å². The molecular formula is C18H36N2O3S. The second kappa shape index (κ2) is 8.17. The highest BCUT2D eigenvalue weighted by Gasteiger charge is 2.31. The van der Waals surface area contributed by atoms with Crippen molar-refractivity contribution in [1.82, 2.24) is 10.2 Å². The lowest BCUT2D eigenvalue weighted by Crippen LogP contribution is -2.55. The van der Waals surface area contributed by atoms with Crippen molar-refractivity contribution in [2.45, 2.75) is 78.8 Å². The molecule has 0 aromatic rings. The number of hydrogen-bond acceptors (Lipinski definition) is 4. The molecule has 0 spiro atoms. The minimum atomic E-state index is -2.96. The molecule has 1 aliphatic rings. The molecule has 1 unspecified atom stereocenters. The van der Waals surface area contributed by atoms with Crippen LogP contribution in [0.15, 0.2) is 0 Å². The molecule has 0 saturated carbocycles. The largest absolute Gasteiger partial charge is 0.339 e. The molecule has 6 heteroatoms. The zero-order chi connectivity index (χ0) is 18.6. The molecule has 1 aliphatic heterocycles. The van der Waals surface area contributed by atoms with Gasteiger partial charge >= 0.3 is 0 Å². The molecule has 142 valence electrons. The van der Waals surface area contributed by atoms with Crippen molar-refractivity contribution >= 4 is 15.7 Å². The first kappa shape index (κ1) is 21.4. The fourth-order valence-corrected chi connectivity index (χ4v) is 4.14. The number of rotatable bonds is 6. The summed E-state index contributed by atoms with van der Waals surface area (Å²) in [5.74, 6) is 0.228. The highest BCUT2D eigenvalue weighted by atomic mass is 32.2. The van der Waals surface area contributed by atoms with Crippen LogP contribution in [0.3, 0.4) is 0 Å². The second-order valence-electron chi connectivity index (χ2n) is 9.23. The van der Waals surface area contributed by atoms with E-state index >= 15 is 0 Å². The molecule has 0 aromatic carbocycles. The lowest BCUT2D eigenvalue weighted by Gasteiger charge is -2.34. The molecule has 0 bridgehead atoms. The van der Waals surface area contributed by atoms with Gasteiger partial charge in [-0.05, 0) is 39.0 Å². The molecule has 1 saturated heterocycles. The Morgan fingerprint density at radius 3 is 2.04 bits per heavy atom. The summed E-state index contributed by atoms with van der Waals surface area (Å²) in [6, 6.07) is -0.231. The summed E-state index contributed by atoms with van der Waals surface area (Å²) >= 11 is 0. The van der Waals surface area contributed by atoms with Crippen LogP contribution in [0, 0.1) is 5.41 Å². The summed E-state index contributed by atoms with van der Waals surface area (Å²) in [7, 11) is -2.96. The highest BCUT2D eigenvalue weighted by Crippen LogP contribution is 2.23. The van der Waals surface area contributed by atoms with Gasteiger partial charge in [-0.15, -0.1) is 0 Å². The molecule has 1 fully saturated rings. The lowest BCUT2D eigenvalue weighted by atomic mass is 9.89. The van der Waals surface area contributed by atoms with E-state index in [1.54, 1.807) is 4.90 Å². The average molecular weight is 361 g/mol. The molecule has 1 heterocycles. The van der Waals surface area contributed by atoms with Crippen LogP contribution in [0.25, 0.3) is 0 Å². The molecule has 0 aliphatic carbocycles. The smallest absolute Gasteiger partial charge is 0.239 e. The van der Waals surface area contributed by atoms with Gasteiger partial charge in [-0.2, -0.15) is 0 Å². The maximum absolute atomic E-state index is 12.8. The number of hydrogen-bond donors (Lipinski definition) is 1. The zero-order valence-corrected chi connectivity index (χ0v) is 17.1. The Labute approximate surface area is 148 Å². The number of nitrogens with zero attached hydrogens (tertiary/aromatic N) is 1. The van der Waals surface area contributed by atoms with Gasteiger partial charge in [-0.3, -0.25) is 4.79 Å². The van der Waals surface area contributed by atoms with Crippen LogP contribution in [0.1, 0.15) is 67.2 Å². The van der Waals surface area contributed by atoms with Crippen molar-refractivity contribution in [3.63, 3.8) is 0 Å². The number of amides is 1. The first-order valence-electron chi connectivity index (χ1n) is 9.06. The third-order valence-electron chi connectivity index (χ3n) is 4.23. The normalized spacial score (nSPS) is 20.0. The average Bonchev–Trinajstić information content (AvgIpc) is 2.39. The molecule has 0 aromatic heterocycles. The van der Waals surface area contributed by atoms with E-state index in [4.69, 9.17) is 0 Å². The van der Waals surface area contributed by atoms with E-state index < -0.39 is 9.84 Å². The Kier molecular flexibility index (Phi) is 7.29. The molecule has 24 heavy (non-hydrogen) atoms. The Balaban J connectivity index is 2.62. The summed E-state index contributed by atoms with van der Waals surface area (Å²) in [4.78, 5) is 14.6. The van der Waals surface area contributed by atoms with E-state index in [1.807, 2.05) is 0 Å². The third kappa shape index (κ3) is 8.47. The quantitative estimate of drug-likeness (QED) is 0.740. The minimum absolute atomic E-state index is 0.0515. The Morgan fingerprint density at radius 2 is 1.58 bits per heavy atom. The van der Waals surface area contributed by atoms with E-state index in [2.05, 4.69) is 46.9 Å². The van der Waals surface area contributed by atoms with E-state index in [0.29, 0.717) is 18.5 Å². The SMILES string of the molecule is CC(C)(C)CCCCC(NC(C)(C)C)C(=O)N1CCS(=O)(=O)CC1. The van der Waals surface area contributed by atoms with Crippen molar-refractivity contribution in [3.05, 3.63) is 0 Å². The summed E-state index contributed by atoms with van der Waals surface area (Å²) in [6.07, 6.45) is 4.05. The van der Waals surface area contributed by atoms with Crippen LogP contribution in [-0.2, 0) is 14.6 Å². The fourth-order valence-electron chi connectivity index (χ4n) is 2.94. The van der Waals surface area contributed by atoms with Gasteiger partial charge in [0.05, 0.1) is 17.5 Å². The molecule has 1 atom stereocenters.